The Hall–Kier alpha value is -1.16. The molecule has 0 bridgehead atoms. The zero-order chi connectivity index (χ0) is 14.8. The van der Waals surface area contributed by atoms with Crippen LogP contribution in [-0.4, -0.2) is 14.8 Å². The van der Waals surface area contributed by atoms with Gasteiger partial charge < -0.3 is 4.57 Å². The van der Waals surface area contributed by atoms with Crippen molar-refractivity contribution in [3.05, 3.63) is 47.0 Å². The fourth-order valence-electron chi connectivity index (χ4n) is 2.50. The molecule has 2 rings (SSSR count). The lowest BCUT2D eigenvalue weighted by Crippen LogP contribution is -2.26. The molecule has 0 atom stereocenters. The molecule has 0 radical (unpaired) electrons. The predicted octanol–water partition coefficient (Wildman–Crippen LogP) is 4.02. The largest absolute Gasteiger partial charge is 0.309 e. The van der Waals surface area contributed by atoms with Crippen LogP contribution in [0.3, 0.4) is 0 Å². The molecule has 4 heteroatoms. The summed E-state index contributed by atoms with van der Waals surface area (Å²) in [5.41, 5.74) is 2.67. The van der Waals surface area contributed by atoms with Crippen molar-refractivity contribution in [1.29, 1.82) is 0 Å². The van der Waals surface area contributed by atoms with E-state index in [0.717, 1.165) is 29.8 Å². The summed E-state index contributed by atoms with van der Waals surface area (Å²) in [7, 11) is 0. The van der Waals surface area contributed by atoms with Crippen LogP contribution in [0.25, 0.3) is 0 Å². The highest BCUT2D eigenvalue weighted by Gasteiger charge is 2.22. The Balaban J connectivity index is 2.20. The molecule has 0 spiro atoms. The van der Waals surface area contributed by atoms with E-state index in [0.29, 0.717) is 0 Å². The number of rotatable bonds is 4. The second-order valence-electron chi connectivity index (χ2n) is 6.16. The highest BCUT2D eigenvalue weighted by atomic mass is 79.9. The van der Waals surface area contributed by atoms with Crippen LogP contribution in [-0.2, 0) is 23.7 Å². The Bertz CT molecular complexity index is 582. The maximum absolute atomic E-state index is 4.37. The quantitative estimate of drug-likeness (QED) is 0.790. The lowest BCUT2D eigenvalue weighted by molar-refractivity contribution is 0.373. The highest BCUT2D eigenvalue weighted by Crippen LogP contribution is 2.21. The van der Waals surface area contributed by atoms with Crippen LogP contribution in [0.1, 0.15) is 43.5 Å². The van der Waals surface area contributed by atoms with E-state index in [9.17, 15) is 0 Å². The Labute approximate surface area is 129 Å². The molecule has 0 saturated heterocycles. The summed E-state index contributed by atoms with van der Waals surface area (Å²) < 4.78 is 2.25. The Morgan fingerprint density at radius 1 is 1.10 bits per heavy atom. The average molecular weight is 336 g/mol. The number of aromatic nitrogens is 3. The van der Waals surface area contributed by atoms with E-state index in [-0.39, 0.29) is 5.54 Å². The molecule has 0 N–H and O–H groups in total. The van der Waals surface area contributed by atoms with Crippen molar-refractivity contribution in [2.45, 2.75) is 51.4 Å². The molecule has 0 aliphatic rings. The van der Waals surface area contributed by atoms with E-state index in [1.165, 1.54) is 11.1 Å². The van der Waals surface area contributed by atoms with Crippen LogP contribution in [0, 0.1) is 6.92 Å². The van der Waals surface area contributed by atoms with E-state index < -0.39 is 0 Å². The van der Waals surface area contributed by atoms with Gasteiger partial charge in [-0.15, -0.1) is 10.2 Å². The molecule has 1 aromatic heterocycles. The van der Waals surface area contributed by atoms with Crippen molar-refractivity contribution in [2.24, 2.45) is 0 Å². The van der Waals surface area contributed by atoms with Crippen molar-refractivity contribution < 1.29 is 0 Å². The first-order valence-corrected chi connectivity index (χ1v) is 8.09. The first-order valence-electron chi connectivity index (χ1n) is 6.97. The lowest BCUT2D eigenvalue weighted by Gasteiger charge is -2.24. The molecule has 0 aliphatic carbocycles. The summed E-state index contributed by atoms with van der Waals surface area (Å²) in [6.07, 6.45) is 1.92. The molecule has 0 saturated carbocycles. The topological polar surface area (TPSA) is 30.7 Å². The number of hydrogen-bond donors (Lipinski definition) is 0. The Morgan fingerprint density at radius 3 is 2.40 bits per heavy atom. The zero-order valence-corrected chi connectivity index (χ0v) is 14.2. The number of hydrogen-bond acceptors (Lipinski definition) is 2. The molecular formula is C16H22BrN3. The van der Waals surface area contributed by atoms with Gasteiger partial charge in [-0.25, -0.2) is 0 Å². The summed E-state index contributed by atoms with van der Waals surface area (Å²) in [5.74, 6) is 2.06. The number of aryl methyl sites for hydroxylation is 3. The molecule has 2 aromatic rings. The highest BCUT2D eigenvalue weighted by molar-refractivity contribution is 9.08. The van der Waals surface area contributed by atoms with Gasteiger partial charge in [0, 0.05) is 12.0 Å². The molecule has 0 unspecified atom stereocenters. The second-order valence-corrected chi connectivity index (χ2v) is 6.72. The van der Waals surface area contributed by atoms with E-state index in [4.69, 9.17) is 0 Å². The van der Waals surface area contributed by atoms with Crippen LogP contribution in [0.15, 0.2) is 24.3 Å². The van der Waals surface area contributed by atoms with E-state index in [1.807, 2.05) is 0 Å². The van der Waals surface area contributed by atoms with Gasteiger partial charge in [0.15, 0.2) is 0 Å². The van der Waals surface area contributed by atoms with Gasteiger partial charge in [0.25, 0.3) is 0 Å². The molecule has 3 nitrogen and oxygen atoms in total. The van der Waals surface area contributed by atoms with Gasteiger partial charge in [0.2, 0.25) is 0 Å². The van der Waals surface area contributed by atoms with Crippen LogP contribution in [0.2, 0.25) is 0 Å². The van der Waals surface area contributed by atoms with E-state index >= 15 is 0 Å². The summed E-state index contributed by atoms with van der Waals surface area (Å²) >= 11 is 3.50. The fourth-order valence-corrected chi connectivity index (χ4v) is 2.86. The maximum Gasteiger partial charge on any atom is 0.144 e. The monoisotopic (exact) mass is 335 g/mol. The summed E-state index contributed by atoms with van der Waals surface area (Å²) in [5, 5.41) is 9.41. The third-order valence-corrected chi connectivity index (χ3v) is 3.81. The summed E-state index contributed by atoms with van der Waals surface area (Å²) in [6.45, 7) is 8.71. The first-order chi connectivity index (χ1) is 9.41. The van der Waals surface area contributed by atoms with Gasteiger partial charge >= 0.3 is 0 Å². The van der Waals surface area contributed by atoms with Crippen LogP contribution >= 0.6 is 15.9 Å². The first kappa shape index (κ1) is 15.2. The smallest absolute Gasteiger partial charge is 0.144 e. The normalized spacial score (nSPS) is 11.8. The SMILES string of the molecule is Cc1cccc(CCc2nnc(CBr)n2C(C)(C)C)c1. The minimum absolute atomic E-state index is 0.00847. The molecule has 1 aromatic carbocycles. The molecule has 0 fully saturated rings. The molecule has 20 heavy (non-hydrogen) atoms. The third kappa shape index (κ3) is 3.48. The fraction of sp³-hybridized carbons (Fsp3) is 0.500. The minimum atomic E-state index is 0.00847. The minimum Gasteiger partial charge on any atom is -0.309 e. The van der Waals surface area contributed by atoms with Crippen molar-refractivity contribution in [1.82, 2.24) is 14.8 Å². The summed E-state index contributed by atoms with van der Waals surface area (Å²) in [4.78, 5) is 0. The van der Waals surface area contributed by atoms with Crippen molar-refractivity contribution in [2.75, 3.05) is 0 Å². The van der Waals surface area contributed by atoms with Gasteiger partial charge in [0.1, 0.15) is 11.6 Å². The van der Waals surface area contributed by atoms with Crippen LogP contribution < -0.4 is 0 Å². The standard InChI is InChI=1S/C16H22BrN3/c1-12-6-5-7-13(10-12)8-9-14-18-19-15(11-17)20(14)16(2,3)4/h5-7,10H,8-9,11H2,1-4H3. The third-order valence-electron chi connectivity index (χ3n) is 3.31. The molecule has 0 amide bonds. The Kier molecular flexibility index (Phi) is 4.63. The van der Waals surface area contributed by atoms with Crippen molar-refractivity contribution in [3.8, 4) is 0 Å². The second kappa shape index (κ2) is 6.08. The van der Waals surface area contributed by atoms with E-state index in [2.05, 4.69) is 82.7 Å². The number of nitrogens with zero attached hydrogens (tertiary/aromatic N) is 3. The average Bonchev–Trinajstić information content (AvgIpc) is 2.79. The Morgan fingerprint density at radius 2 is 1.80 bits per heavy atom. The van der Waals surface area contributed by atoms with Gasteiger partial charge in [-0.1, -0.05) is 45.8 Å². The summed E-state index contributed by atoms with van der Waals surface area (Å²) in [6, 6.07) is 8.66. The molecule has 108 valence electrons. The molecule has 0 aliphatic heterocycles. The van der Waals surface area contributed by atoms with Crippen molar-refractivity contribution >= 4 is 15.9 Å². The van der Waals surface area contributed by atoms with Crippen LogP contribution in [0.5, 0.6) is 0 Å². The van der Waals surface area contributed by atoms with Gasteiger partial charge in [-0.2, -0.15) is 0 Å². The number of benzene rings is 1. The predicted molar refractivity (Wildman–Crippen MR) is 86.2 cm³/mol. The maximum atomic E-state index is 4.37. The van der Waals surface area contributed by atoms with Crippen LogP contribution in [0.4, 0.5) is 0 Å². The molecule has 1 heterocycles. The van der Waals surface area contributed by atoms with Gasteiger partial charge in [0.05, 0.1) is 5.33 Å². The van der Waals surface area contributed by atoms with Gasteiger partial charge in [-0.05, 0) is 39.7 Å². The lowest BCUT2D eigenvalue weighted by atomic mass is 10.1. The van der Waals surface area contributed by atoms with Gasteiger partial charge in [-0.3, -0.25) is 0 Å². The van der Waals surface area contributed by atoms with E-state index in [1.54, 1.807) is 0 Å². The molecular weight excluding hydrogens is 314 g/mol. The zero-order valence-electron chi connectivity index (χ0n) is 12.7. The number of alkyl halides is 1. The van der Waals surface area contributed by atoms with Crippen molar-refractivity contribution in [3.63, 3.8) is 0 Å². The number of halogens is 1.